The largest absolute Gasteiger partial charge is 0.493 e. The molecule has 0 unspecified atom stereocenters. The van der Waals surface area contributed by atoms with E-state index in [1.807, 2.05) is 32.0 Å². The summed E-state index contributed by atoms with van der Waals surface area (Å²) in [5, 5.41) is 6.41. The second-order valence-corrected chi connectivity index (χ2v) is 8.28. The molecule has 0 amide bonds. The van der Waals surface area contributed by atoms with Gasteiger partial charge in [-0.15, -0.1) is 24.0 Å². The Hall–Kier alpha value is -1.11. The molecule has 0 aromatic heterocycles. The van der Waals surface area contributed by atoms with Gasteiger partial charge in [-0.25, -0.2) is 18.1 Å². The molecule has 1 rings (SSSR count). The van der Waals surface area contributed by atoms with E-state index in [0.29, 0.717) is 45.2 Å². The second kappa shape index (κ2) is 15.7. The van der Waals surface area contributed by atoms with Crippen molar-refractivity contribution in [1.29, 1.82) is 0 Å². The van der Waals surface area contributed by atoms with Crippen molar-refractivity contribution in [3.63, 3.8) is 0 Å². The van der Waals surface area contributed by atoms with E-state index in [1.54, 1.807) is 7.11 Å². The van der Waals surface area contributed by atoms with Gasteiger partial charge in [0, 0.05) is 45.3 Å². The third-order valence-electron chi connectivity index (χ3n) is 3.74. The van der Waals surface area contributed by atoms with E-state index >= 15 is 0 Å². The first-order chi connectivity index (χ1) is 13.4. The summed E-state index contributed by atoms with van der Waals surface area (Å²) in [6.07, 6.45) is 2.65. The number of hydrogen-bond acceptors (Lipinski definition) is 5. The molecule has 29 heavy (non-hydrogen) atoms. The van der Waals surface area contributed by atoms with Crippen molar-refractivity contribution < 1.29 is 17.9 Å². The SMILES string of the molecule is CCNC(=NCc1ccc(C)cc1OCCCOC)NCCCNS(C)(=O)=O.I. The second-order valence-electron chi connectivity index (χ2n) is 6.45. The predicted octanol–water partition coefficient (Wildman–Crippen LogP) is 2.02. The van der Waals surface area contributed by atoms with E-state index in [0.717, 1.165) is 36.1 Å². The van der Waals surface area contributed by atoms with Crippen LogP contribution in [0.15, 0.2) is 23.2 Å². The zero-order valence-corrected chi connectivity index (χ0v) is 20.9. The van der Waals surface area contributed by atoms with Crippen LogP contribution in [0.3, 0.4) is 0 Å². The lowest BCUT2D eigenvalue weighted by atomic mass is 10.1. The smallest absolute Gasteiger partial charge is 0.208 e. The monoisotopic (exact) mass is 542 g/mol. The topological polar surface area (TPSA) is 101 Å². The normalized spacial score (nSPS) is 11.7. The minimum atomic E-state index is -3.15. The van der Waals surface area contributed by atoms with Gasteiger partial charge in [-0.2, -0.15) is 0 Å². The van der Waals surface area contributed by atoms with E-state index in [-0.39, 0.29) is 24.0 Å². The van der Waals surface area contributed by atoms with Crippen LogP contribution in [0.1, 0.15) is 30.9 Å². The van der Waals surface area contributed by atoms with Gasteiger partial charge < -0.3 is 20.1 Å². The number of sulfonamides is 1. The average Bonchev–Trinajstić information content (AvgIpc) is 2.63. The molecule has 1 aromatic rings. The number of ether oxygens (including phenoxy) is 2. The maximum Gasteiger partial charge on any atom is 0.208 e. The molecular formula is C19H35IN4O4S. The molecule has 168 valence electrons. The quantitative estimate of drug-likeness (QED) is 0.153. The number of benzene rings is 1. The maximum absolute atomic E-state index is 11.1. The summed E-state index contributed by atoms with van der Waals surface area (Å²) in [5.74, 6) is 1.53. The van der Waals surface area contributed by atoms with Crippen LogP contribution in [0.5, 0.6) is 5.75 Å². The van der Waals surface area contributed by atoms with Gasteiger partial charge in [0.2, 0.25) is 10.0 Å². The number of halogens is 1. The summed E-state index contributed by atoms with van der Waals surface area (Å²) < 4.78 is 35.6. The Bertz CT molecular complexity index is 714. The fourth-order valence-electron chi connectivity index (χ4n) is 2.37. The third kappa shape index (κ3) is 13.7. The lowest BCUT2D eigenvalue weighted by Crippen LogP contribution is -2.38. The van der Waals surface area contributed by atoms with Crippen LogP contribution in [-0.2, 0) is 21.3 Å². The van der Waals surface area contributed by atoms with Gasteiger partial charge in [-0.05, 0) is 31.9 Å². The predicted molar refractivity (Wildman–Crippen MR) is 129 cm³/mol. The summed E-state index contributed by atoms with van der Waals surface area (Å²) in [7, 11) is -1.47. The van der Waals surface area contributed by atoms with Gasteiger partial charge in [-0.3, -0.25) is 0 Å². The third-order valence-corrected chi connectivity index (χ3v) is 4.46. The summed E-state index contributed by atoms with van der Waals surface area (Å²) in [6, 6.07) is 6.10. The molecule has 0 aliphatic heterocycles. The molecule has 0 aliphatic rings. The van der Waals surface area contributed by atoms with Gasteiger partial charge in [0.05, 0.1) is 19.4 Å². The summed E-state index contributed by atoms with van der Waals surface area (Å²) in [4.78, 5) is 4.62. The first-order valence-corrected chi connectivity index (χ1v) is 11.4. The van der Waals surface area contributed by atoms with E-state index in [4.69, 9.17) is 9.47 Å². The first-order valence-electron chi connectivity index (χ1n) is 9.53. The van der Waals surface area contributed by atoms with Crippen molar-refractivity contribution in [3.05, 3.63) is 29.3 Å². The van der Waals surface area contributed by atoms with E-state index in [2.05, 4.69) is 20.3 Å². The van der Waals surface area contributed by atoms with Crippen LogP contribution in [0.4, 0.5) is 0 Å². The molecule has 0 spiro atoms. The lowest BCUT2D eigenvalue weighted by molar-refractivity contribution is 0.172. The lowest BCUT2D eigenvalue weighted by Gasteiger charge is -2.14. The summed E-state index contributed by atoms with van der Waals surface area (Å²) in [5.41, 5.74) is 2.15. The molecule has 1 aromatic carbocycles. The molecule has 0 aliphatic carbocycles. The summed E-state index contributed by atoms with van der Waals surface area (Å²) >= 11 is 0. The number of aryl methyl sites for hydroxylation is 1. The van der Waals surface area contributed by atoms with Crippen molar-refractivity contribution in [2.24, 2.45) is 4.99 Å². The molecular weight excluding hydrogens is 507 g/mol. The van der Waals surface area contributed by atoms with Gasteiger partial charge in [0.15, 0.2) is 5.96 Å². The summed E-state index contributed by atoms with van der Waals surface area (Å²) in [6.45, 7) is 7.52. The number of aliphatic imine (C=N–C) groups is 1. The molecule has 0 saturated heterocycles. The molecule has 0 fully saturated rings. The number of guanidine groups is 1. The van der Waals surface area contributed by atoms with Crippen LogP contribution >= 0.6 is 24.0 Å². The number of hydrogen-bond donors (Lipinski definition) is 3. The Morgan fingerprint density at radius 1 is 1.14 bits per heavy atom. The molecule has 0 saturated carbocycles. The van der Waals surface area contributed by atoms with Crippen molar-refractivity contribution in [1.82, 2.24) is 15.4 Å². The zero-order chi connectivity index (χ0) is 20.8. The number of nitrogens with zero attached hydrogens (tertiary/aromatic N) is 1. The van der Waals surface area contributed by atoms with E-state index < -0.39 is 10.0 Å². The molecule has 8 nitrogen and oxygen atoms in total. The highest BCUT2D eigenvalue weighted by molar-refractivity contribution is 14.0. The number of methoxy groups -OCH3 is 1. The van der Waals surface area contributed by atoms with Gasteiger partial charge in [0.1, 0.15) is 5.75 Å². The van der Waals surface area contributed by atoms with Crippen LogP contribution in [-0.4, -0.2) is 60.6 Å². The maximum atomic E-state index is 11.1. The van der Waals surface area contributed by atoms with Crippen molar-refractivity contribution in [3.8, 4) is 5.75 Å². The minimum absolute atomic E-state index is 0. The Balaban J connectivity index is 0.00000784. The molecule has 0 atom stereocenters. The highest BCUT2D eigenvalue weighted by atomic mass is 127. The Kier molecular flexibility index (Phi) is 15.1. The van der Waals surface area contributed by atoms with E-state index in [1.165, 1.54) is 0 Å². The Morgan fingerprint density at radius 2 is 1.90 bits per heavy atom. The Morgan fingerprint density at radius 3 is 2.55 bits per heavy atom. The molecule has 10 heteroatoms. The number of rotatable bonds is 13. The van der Waals surface area contributed by atoms with Gasteiger partial charge in [0.25, 0.3) is 0 Å². The average molecular weight is 542 g/mol. The van der Waals surface area contributed by atoms with Gasteiger partial charge >= 0.3 is 0 Å². The molecule has 0 radical (unpaired) electrons. The Labute approximate surface area is 192 Å². The highest BCUT2D eigenvalue weighted by Crippen LogP contribution is 2.21. The van der Waals surface area contributed by atoms with Crippen LogP contribution in [0.2, 0.25) is 0 Å². The fraction of sp³-hybridized carbons (Fsp3) is 0.632. The van der Waals surface area contributed by atoms with Crippen LogP contribution < -0.4 is 20.1 Å². The fourth-order valence-corrected chi connectivity index (χ4v) is 2.89. The standard InChI is InChI=1S/C19H34N4O4S.HI/c1-5-20-19(21-10-6-11-23-28(4,24)25)22-15-17-9-8-16(2)14-18(17)27-13-7-12-26-3;/h8-9,14,23H,5-7,10-13,15H2,1-4H3,(H2,20,21,22);1H. The van der Waals surface area contributed by atoms with Crippen molar-refractivity contribution in [2.45, 2.75) is 33.2 Å². The zero-order valence-electron chi connectivity index (χ0n) is 17.8. The van der Waals surface area contributed by atoms with Crippen molar-refractivity contribution >= 4 is 40.0 Å². The molecule has 0 bridgehead atoms. The van der Waals surface area contributed by atoms with Crippen molar-refractivity contribution in [2.75, 3.05) is 46.2 Å². The van der Waals surface area contributed by atoms with Crippen LogP contribution in [0, 0.1) is 6.92 Å². The van der Waals surface area contributed by atoms with Crippen LogP contribution in [0.25, 0.3) is 0 Å². The molecule has 0 heterocycles. The van der Waals surface area contributed by atoms with E-state index in [9.17, 15) is 8.42 Å². The number of nitrogens with one attached hydrogen (secondary N) is 3. The highest BCUT2D eigenvalue weighted by Gasteiger charge is 2.06. The minimum Gasteiger partial charge on any atom is -0.493 e. The first kappa shape index (κ1) is 27.9. The van der Waals surface area contributed by atoms with Gasteiger partial charge in [-0.1, -0.05) is 12.1 Å². The molecule has 3 N–H and O–H groups in total.